The standard InChI is InChI=1S/C31H39N3O.C19H21N3O4/c1-33-17-13-31(14-18-33)15-19-34(20-16-31)29-12-8-25(22-32-29)30-27(23-5-3-2-4-6-23)10-7-24-21-26(35)9-11-28(24)30;1-12(20-2)17(4-3-6-23)22-18(25)15-8-13-10-21(5-7-24)11-14(13)9-16(15)19(22)26/h3,5-6,8-9,11-12,21-22,27,30,35H,2,4,7,10,13-20H2,1H3;6-9,17,20H,1,3-5,10-11H2,2H3/t27-,30+;/m1./s1. The van der Waals surface area contributed by atoms with Crippen molar-refractivity contribution >= 4 is 30.2 Å². The first kappa shape index (κ1) is 42.3. The zero-order valence-corrected chi connectivity index (χ0v) is 35.8. The Hall–Kier alpha value is -5.39. The summed E-state index contributed by atoms with van der Waals surface area (Å²) < 4.78 is 0. The van der Waals surface area contributed by atoms with E-state index in [2.05, 4.69) is 71.4 Å². The van der Waals surface area contributed by atoms with E-state index in [9.17, 15) is 24.3 Å². The third-order valence-corrected chi connectivity index (χ3v) is 14.3. The Morgan fingerprint density at radius 3 is 2.25 bits per heavy atom. The lowest BCUT2D eigenvalue weighted by atomic mass is 9.68. The lowest BCUT2D eigenvalue weighted by Crippen LogP contribution is -2.46. The van der Waals surface area contributed by atoms with Gasteiger partial charge in [-0.25, -0.2) is 4.98 Å². The van der Waals surface area contributed by atoms with Crippen LogP contribution in [0.25, 0.3) is 0 Å². The number of imide groups is 1. The van der Waals surface area contributed by atoms with Crippen LogP contribution in [0.2, 0.25) is 0 Å². The van der Waals surface area contributed by atoms with Gasteiger partial charge in [0.2, 0.25) is 0 Å². The first-order chi connectivity index (χ1) is 29.6. The molecule has 11 heteroatoms. The highest BCUT2D eigenvalue weighted by atomic mass is 16.3. The number of aldehydes is 2. The minimum atomic E-state index is -0.570. The number of piperidine rings is 2. The molecule has 2 fully saturated rings. The van der Waals surface area contributed by atoms with Gasteiger partial charge in [0.1, 0.15) is 24.1 Å². The number of carbonyl (C=O) groups excluding carboxylic acids is 4. The molecule has 4 aliphatic heterocycles. The van der Waals surface area contributed by atoms with Gasteiger partial charge in [-0.2, -0.15) is 0 Å². The number of benzene rings is 2. The number of aryl methyl sites for hydroxylation is 1. The van der Waals surface area contributed by atoms with Crippen molar-refractivity contribution in [3.05, 3.63) is 124 Å². The molecule has 5 heterocycles. The van der Waals surface area contributed by atoms with Gasteiger partial charge in [0.05, 0.1) is 23.7 Å². The fraction of sp³-hybridized carbons (Fsp3) is 0.460. The molecule has 2 saturated heterocycles. The minimum Gasteiger partial charge on any atom is -0.508 e. The van der Waals surface area contributed by atoms with E-state index in [1.807, 2.05) is 17.0 Å². The number of hydrogen-bond acceptors (Lipinski definition) is 10. The third-order valence-electron chi connectivity index (χ3n) is 14.3. The molecule has 2 aromatic carbocycles. The molecule has 61 heavy (non-hydrogen) atoms. The van der Waals surface area contributed by atoms with Crippen molar-refractivity contribution in [1.29, 1.82) is 0 Å². The number of rotatable bonds is 11. The van der Waals surface area contributed by atoms with Gasteiger partial charge in [-0.3, -0.25) is 19.4 Å². The second-order valence-electron chi connectivity index (χ2n) is 17.9. The molecule has 0 bridgehead atoms. The van der Waals surface area contributed by atoms with Crippen molar-refractivity contribution in [3.8, 4) is 5.75 Å². The summed E-state index contributed by atoms with van der Waals surface area (Å²) in [6, 6.07) is 13.5. The molecule has 9 rings (SSSR count). The molecule has 6 aliphatic rings. The normalized spacial score (nSPS) is 22.4. The molecule has 3 atom stereocenters. The highest BCUT2D eigenvalue weighted by molar-refractivity contribution is 6.22. The SMILES string of the molecule is C=C(NC)C(CCC=O)N1C(=O)c2cc3c(cc2C1=O)CN(CC=O)C3.CN1CCC2(CC1)CCN(c1ccc([C@@H]3c4ccc(O)cc4CC[C@@H]3C3=CCCC=C3)cn1)CC2. The number of hydrogen-bond donors (Lipinski definition) is 2. The van der Waals surface area contributed by atoms with Gasteiger partial charge in [-0.1, -0.05) is 36.9 Å². The second-order valence-corrected chi connectivity index (χ2v) is 17.9. The molecule has 1 spiro atoms. The zero-order chi connectivity index (χ0) is 42.7. The van der Waals surface area contributed by atoms with E-state index in [0.717, 1.165) is 68.3 Å². The highest BCUT2D eigenvalue weighted by Gasteiger charge is 2.42. The van der Waals surface area contributed by atoms with Crippen molar-refractivity contribution in [2.24, 2.45) is 11.3 Å². The van der Waals surface area contributed by atoms with Crippen molar-refractivity contribution < 1.29 is 24.3 Å². The Morgan fingerprint density at radius 2 is 1.64 bits per heavy atom. The van der Waals surface area contributed by atoms with Crippen molar-refractivity contribution in [2.75, 3.05) is 51.7 Å². The largest absolute Gasteiger partial charge is 0.508 e. The van der Waals surface area contributed by atoms with Crippen LogP contribution in [-0.4, -0.2) is 102 Å². The molecule has 3 aromatic rings. The number of aromatic nitrogens is 1. The molecule has 0 saturated carbocycles. The number of phenols is 1. The Bertz CT molecular complexity index is 2170. The van der Waals surface area contributed by atoms with Gasteiger partial charge in [0, 0.05) is 57.5 Å². The number of amides is 2. The quantitative estimate of drug-likeness (QED) is 0.155. The van der Waals surface area contributed by atoms with E-state index in [0.29, 0.717) is 65.9 Å². The van der Waals surface area contributed by atoms with E-state index < -0.39 is 6.04 Å². The monoisotopic (exact) mass is 824 g/mol. The summed E-state index contributed by atoms with van der Waals surface area (Å²) in [5.41, 5.74) is 9.18. The van der Waals surface area contributed by atoms with E-state index >= 15 is 0 Å². The van der Waals surface area contributed by atoms with E-state index in [1.165, 1.54) is 65.9 Å². The molecule has 0 radical (unpaired) electrons. The molecule has 2 aliphatic carbocycles. The smallest absolute Gasteiger partial charge is 0.262 e. The van der Waals surface area contributed by atoms with Crippen LogP contribution in [-0.2, 0) is 29.1 Å². The Morgan fingerprint density at radius 1 is 0.934 bits per heavy atom. The van der Waals surface area contributed by atoms with Gasteiger partial charge >= 0.3 is 0 Å². The molecule has 1 aromatic heterocycles. The molecule has 2 N–H and O–H groups in total. The number of pyridine rings is 1. The first-order valence-electron chi connectivity index (χ1n) is 22.2. The van der Waals surface area contributed by atoms with Crippen LogP contribution in [0, 0.1) is 11.3 Å². The summed E-state index contributed by atoms with van der Waals surface area (Å²) in [6.07, 6.45) is 21.2. The van der Waals surface area contributed by atoms with Gasteiger partial charge in [-0.05, 0) is 153 Å². The molecule has 2 amide bonds. The van der Waals surface area contributed by atoms with Gasteiger partial charge < -0.3 is 29.8 Å². The number of anilines is 1. The van der Waals surface area contributed by atoms with Crippen molar-refractivity contribution in [1.82, 2.24) is 25.0 Å². The van der Waals surface area contributed by atoms with E-state index in [1.54, 1.807) is 19.2 Å². The van der Waals surface area contributed by atoms with Crippen LogP contribution >= 0.6 is 0 Å². The lowest BCUT2D eigenvalue weighted by molar-refractivity contribution is -0.109. The summed E-state index contributed by atoms with van der Waals surface area (Å²) in [5.74, 6) is 1.53. The predicted molar refractivity (Wildman–Crippen MR) is 237 cm³/mol. The summed E-state index contributed by atoms with van der Waals surface area (Å²) in [5, 5.41) is 13.0. The van der Waals surface area contributed by atoms with Crippen LogP contribution in [0.1, 0.15) is 112 Å². The van der Waals surface area contributed by atoms with E-state index in [-0.39, 0.29) is 18.2 Å². The average molecular weight is 825 g/mol. The van der Waals surface area contributed by atoms with Gasteiger partial charge in [-0.15, -0.1) is 0 Å². The summed E-state index contributed by atoms with van der Waals surface area (Å²) in [4.78, 5) is 60.5. The topological polar surface area (TPSA) is 126 Å². The maximum Gasteiger partial charge on any atom is 0.262 e. The summed E-state index contributed by atoms with van der Waals surface area (Å²) in [6.45, 7) is 10.1. The number of likely N-dealkylation sites (N-methyl/N-ethyl adjacent to an activating group) is 1. The van der Waals surface area contributed by atoms with E-state index in [4.69, 9.17) is 4.98 Å². The lowest BCUT2D eigenvalue weighted by Gasteiger charge is -2.46. The van der Waals surface area contributed by atoms with Crippen LogP contribution in [0.5, 0.6) is 5.75 Å². The van der Waals surface area contributed by atoms with Gasteiger partial charge in [0.15, 0.2) is 0 Å². The number of allylic oxidation sites excluding steroid dienone is 4. The fourth-order valence-electron chi connectivity index (χ4n) is 10.7. The Balaban J connectivity index is 0.000000177. The fourth-order valence-corrected chi connectivity index (χ4v) is 10.7. The molecular weight excluding hydrogens is 765 g/mol. The number of phenolic OH excluding ortho intramolecular Hbond substituents is 1. The van der Waals surface area contributed by atoms with Crippen LogP contribution < -0.4 is 10.2 Å². The molecule has 11 nitrogen and oxygen atoms in total. The number of aromatic hydroxyl groups is 1. The van der Waals surface area contributed by atoms with Crippen molar-refractivity contribution in [2.45, 2.75) is 89.3 Å². The maximum absolute atomic E-state index is 12.9. The highest BCUT2D eigenvalue weighted by Crippen LogP contribution is 2.47. The predicted octanol–water partition coefficient (Wildman–Crippen LogP) is 6.95. The Kier molecular flexibility index (Phi) is 12.7. The number of carbonyl (C=O) groups is 4. The molecular formula is C50H60N6O5. The second kappa shape index (κ2) is 18.3. The minimum absolute atomic E-state index is 0.232. The summed E-state index contributed by atoms with van der Waals surface area (Å²) in [7, 11) is 3.93. The third kappa shape index (κ3) is 8.73. The van der Waals surface area contributed by atoms with Crippen molar-refractivity contribution in [3.63, 3.8) is 0 Å². The average Bonchev–Trinajstić information content (AvgIpc) is 3.80. The number of fused-ring (bicyclic) bond motifs is 3. The maximum atomic E-state index is 12.9. The van der Waals surface area contributed by atoms with Crippen LogP contribution in [0.15, 0.2) is 84.7 Å². The number of nitrogens with one attached hydrogen (secondary N) is 1. The van der Waals surface area contributed by atoms with Crippen LogP contribution in [0.4, 0.5) is 5.82 Å². The summed E-state index contributed by atoms with van der Waals surface area (Å²) >= 11 is 0. The number of likely N-dealkylation sites (tertiary alicyclic amines) is 1. The number of nitrogens with zero attached hydrogens (tertiary/aromatic N) is 5. The Labute approximate surface area is 360 Å². The first-order valence-corrected chi connectivity index (χ1v) is 22.2. The van der Waals surface area contributed by atoms with Gasteiger partial charge in [0.25, 0.3) is 11.8 Å². The molecule has 320 valence electrons. The molecule has 1 unspecified atom stereocenters. The zero-order valence-electron chi connectivity index (χ0n) is 35.8. The van der Waals surface area contributed by atoms with Crippen LogP contribution in [0.3, 0.4) is 0 Å².